The van der Waals surface area contributed by atoms with Crippen LogP contribution in [-0.2, 0) is 9.09 Å². The minimum absolute atomic E-state index is 0. The summed E-state index contributed by atoms with van der Waals surface area (Å²) < 4.78 is 14.3. The summed E-state index contributed by atoms with van der Waals surface area (Å²) in [5.41, 5.74) is 0. The molecule has 78 valence electrons. The lowest BCUT2D eigenvalue weighted by Crippen LogP contribution is -1.91. The lowest BCUT2D eigenvalue weighted by Gasteiger charge is -2.02. The van der Waals surface area contributed by atoms with Crippen LogP contribution in [0.1, 0.15) is 26.2 Å². The second-order valence-corrected chi connectivity index (χ2v) is 3.27. The predicted octanol–water partition coefficient (Wildman–Crippen LogP) is 2.13. The van der Waals surface area contributed by atoms with Gasteiger partial charge in [-0.3, -0.25) is 4.52 Å². The number of phosphoric ester groups is 1. The first-order valence-electron chi connectivity index (χ1n) is 3.26. The topological polar surface area (TPSA) is 66.8 Å². The zero-order valence-corrected chi connectivity index (χ0v) is 9.33. The van der Waals surface area contributed by atoms with Crippen molar-refractivity contribution >= 4 is 32.6 Å². The summed E-state index contributed by atoms with van der Waals surface area (Å²) in [6, 6.07) is 0. The van der Waals surface area contributed by atoms with Gasteiger partial charge in [0.2, 0.25) is 0 Å². The fourth-order valence-electron chi connectivity index (χ4n) is 0.536. The van der Waals surface area contributed by atoms with Gasteiger partial charge < -0.3 is 9.79 Å². The van der Waals surface area contributed by atoms with Gasteiger partial charge in [-0.25, -0.2) is 4.57 Å². The Labute approximate surface area is 84.8 Å². The molecule has 0 saturated carbocycles. The average Bonchev–Trinajstić information content (AvgIpc) is 1.78. The van der Waals surface area contributed by atoms with Crippen molar-refractivity contribution in [3.63, 3.8) is 0 Å². The van der Waals surface area contributed by atoms with Crippen LogP contribution in [0.25, 0.3) is 0 Å². The van der Waals surface area contributed by atoms with Gasteiger partial charge in [-0.1, -0.05) is 19.8 Å². The summed E-state index contributed by atoms with van der Waals surface area (Å²) in [5.74, 6) is 0. The molecule has 0 bridgehead atoms. The molecule has 0 aliphatic carbocycles. The maximum atomic E-state index is 10.1. The number of halogens is 2. The molecule has 0 spiro atoms. The molecule has 0 aromatic carbocycles. The minimum atomic E-state index is -4.21. The average molecular weight is 241 g/mol. The number of rotatable bonds is 5. The molecule has 2 N–H and O–H groups in total. The summed E-state index contributed by atoms with van der Waals surface area (Å²) in [4.78, 5) is 16.4. The van der Waals surface area contributed by atoms with Crippen LogP contribution in [0.2, 0.25) is 0 Å². The fraction of sp³-hybridized carbons (Fsp3) is 1.00. The molecule has 0 amide bonds. The summed E-state index contributed by atoms with van der Waals surface area (Å²) in [5, 5.41) is 0. The van der Waals surface area contributed by atoms with E-state index in [0.29, 0.717) is 6.42 Å². The first kappa shape index (κ1) is 18.5. The van der Waals surface area contributed by atoms with Gasteiger partial charge in [-0.2, -0.15) is 0 Å². The van der Waals surface area contributed by atoms with Gasteiger partial charge in [0.15, 0.2) is 0 Å². The van der Waals surface area contributed by atoms with Gasteiger partial charge in [0.25, 0.3) is 0 Å². The van der Waals surface area contributed by atoms with Crippen molar-refractivity contribution in [3.8, 4) is 0 Å². The fourth-order valence-corrected chi connectivity index (χ4v) is 0.902. The highest BCUT2D eigenvalue weighted by atomic mass is 35.5. The van der Waals surface area contributed by atoms with Crippen molar-refractivity contribution in [1.82, 2.24) is 0 Å². The molecule has 0 heterocycles. The summed E-state index contributed by atoms with van der Waals surface area (Å²) in [6.45, 7) is 2.16. The summed E-state index contributed by atoms with van der Waals surface area (Å²) in [6.07, 6.45) is 2.67. The lowest BCUT2D eigenvalue weighted by atomic mass is 10.3. The zero-order chi connectivity index (χ0) is 8.04. The lowest BCUT2D eigenvalue weighted by molar-refractivity contribution is 0.193. The van der Waals surface area contributed by atoms with E-state index >= 15 is 0 Å². The van der Waals surface area contributed by atoms with Crippen LogP contribution >= 0.6 is 32.6 Å². The second-order valence-electron chi connectivity index (χ2n) is 2.03. The molecule has 0 aromatic heterocycles. The van der Waals surface area contributed by atoms with Crippen molar-refractivity contribution in [2.75, 3.05) is 6.61 Å². The molecule has 0 saturated heterocycles. The van der Waals surface area contributed by atoms with Gasteiger partial charge in [0.1, 0.15) is 0 Å². The van der Waals surface area contributed by atoms with Crippen LogP contribution in [0.15, 0.2) is 0 Å². The smallest absolute Gasteiger partial charge is 0.303 e. The van der Waals surface area contributed by atoms with Crippen LogP contribution in [0.5, 0.6) is 0 Å². The standard InChI is InChI=1S/C5H13O4P.2ClH/c1-2-3-4-5-9-10(6,7)8;;/h2-5H2,1H3,(H2,6,7,8);2*1H. The van der Waals surface area contributed by atoms with Crippen LogP contribution in [-0.4, -0.2) is 16.4 Å². The molecule has 0 aliphatic rings. The van der Waals surface area contributed by atoms with Gasteiger partial charge in [0, 0.05) is 0 Å². The van der Waals surface area contributed by atoms with Gasteiger partial charge >= 0.3 is 7.82 Å². The van der Waals surface area contributed by atoms with E-state index in [-0.39, 0.29) is 31.4 Å². The highest BCUT2D eigenvalue weighted by Crippen LogP contribution is 2.35. The quantitative estimate of drug-likeness (QED) is 0.571. The minimum Gasteiger partial charge on any atom is -0.303 e. The summed E-state index contributed by atoms with van der Waals surface area (Å²) >= 11 is 0. The normalized spacial score (nSPS) is 9.92. The van der Waals surface area contributed by atoms with E-state index in [2.05, 4.69) is 4.52 Å². The highest BCUT2D eigenvalue weighted by Gasteiger charge is 2.11. The van der Waals surface area contributed by atoms with Crippen LogP contribution in [0, 0.1) is 0 Å². The Morgan fingerprint density at radius 3 is 2.08 bits per heavy atom. The Morgan fingerprint density at radius 2 is 1.75 bits per heavy atom. The zero-order valence-electron chi connectivity index (χ0n) is 6.80. The molecule has 0 atom stereocenters. The van der Waals surface area contributed by atoms with Gasteiger partial charge in [-0.05, 0) is 6.42 Å². The molecule has 0 aromatic rings. The van der Waals surface area contributed by atoms with Crippen molar-refractivity contribution in [3.05, 3.63) is 0 Å². The number of hydrogen-bond donors (Lipinski definition) is 2. The molecular formula is C5H15Cl2O4P. The van der Waals surface area contributed by atoms with Crippen molar-refractivity contribution in [2.24, 2.45) is 0 Å². The Kier molecular flexibility index (Phi) is 15.0. The SMILES string of the molecule is CCCCCOP(=O)(O)O.Cl.Cl. The third kappa shape index (κ3) is 17.0. The molecule has 0 rings (SSSR count). The van der Waals surface area contributed by atoms with E-state index in [4.69, 9.17) is 9.79 Å². The largest absolute Gasteiger partial charge is 0.469 e. The number of unbranched alkanes of at least 4 members (excludes halogenated alkanes) is 2. The highest BCUT2D eigenvalue weighted by molar-refractivity contribution is 7.46. The van der Waals surface area contributed by atoms with E-state index in [9.17, 15) is 4.57 Å². The number of phosphoric acid groups is 1. The molecular weight excluding hydrogens is 226 g/mol. The third-order valence-electron chi connectivity index (χ3n) is 1.01. The van der Waals surface area contributed by atoms with Crippen molar-refractivity contribution < 1.29 is 18.9 Å². The monoisotopic (exact) mass is 240 g/mol. The van der Waals surface area contributed by atoms with Crippen LogP contribution < -0.4 is 0 Å². The molecule has 0 aliphatic heterocycles. The molecule has 0 fully saturated rings. The van der Waals surface area contributed by atoms with Gasteiger partial charge in [-0.15, -0.1) is 24.8 Å². The Morgan fingerprint density at radius 1 is 1.25 bits per heavy atom. The van der Waals surface area contributed by atoms with Crippen molar-refractivity contribution in [1.29, 1.82) is 0 Å². The maximum Gasteiger partial charge on any atom is 0.469 e. The van der Waals surface area contributed by atoms with E-state index in [1.54, 1.807) is 0 Å². The van der Waals surface area contributed by atoms with E-state index < -0.39 is 7.82 Å². The number of hydrogen-bond acceptors (Lipinski definition) is 2. The van der Waals surface area contributed by atoms with Crippen LogP contribution in [0.3, 0.4) is 0 Å². The summed E-state index contributed by atoms with van der Waals surface area (Å²) in [7, 11) is -4.21. The molecule has 0 unspecified atom stereocenters. The first-order chi connectivity index (χ1) is 4.56. The van der Waals surface area contributed by atoms with Crippen LogP contribution in [0.4, 0.5) is 0 Å². The predicted molar refractivity (Wildman–Crippen MR) is 52.0 cm³/mol. The van der Waals surface area contributed by atoms with E-state index in [0.717, 1.165) is 12.8 Å². The molecule has 7 heteroatoms. The molecule has 4 nitrogen and oxygen atoms in total. The maximum absolute atomic E-state index is 10.1. The third-order valence-corrected chi connectivity index (χ3v) is 1.53. The van der Waals surface area contributed by atoms with E-state index in [1.165, 1.54) is 0 Å². The Hall–Kier alpha value is 0.690. The Balaban J connectivity index is -0.000000405. The molecule has 12 heavy (non-hydrogen) atoms. The second kappa shape index (κ2) is 9.78. The molecule has 0 radical (unpaired) electrons. The van der Waals surface area contributed by atoms with Crippen molar-refractivity contribution in [2.45, 2.75) is 26.2 Å². The van der Waals surface area contributed by atoms with E-state index in [1.807, 2.05) is 6.92 Å². The first-order valence-corrected chi connectivity index (χ1v) is 4.79. The Bertz CT molecular complexity index is 127. The van der Waals surface area contributed by atoms with Gasteiger partial charge in [0.05, 0.1) is 6.61 Å².